The molecule has 0 saturated carbocycles. The lowest BCUT2D eigenvalue weighted by atomic mass is 10.0. The Balaban J connectivity index is 2.30. The van der Waals surface area contributed by atoms with Crippen LogP contribution in [-0.4, -0.2) is 30.7 Å². The fourth-order valence-electron chi connectivity index (χ4n) is 3.58. The number of aliphatic hydroxyl groups excluding tert-OH is 1. The van der Waals surface area contributed by atoms with Crippen LogP contribution >= 0.6 is 0 Å². The van der Waals surface area contributed by atoms with Gasteiger partial charge in [0, 0.05) is 11.1 Å². The third kappa shape index (κ3) is 3.89. The predicted molar refractivity (Wildman–Crippen MR) is 115 cm³/mol. The van der Waals surface area contributed by atoms with Crippen LogP contribution < -0.4 is 4.74 Å². The Morgan fingerprint density at radius 2 is 1.90 bits per heavy atom. The Kier molecular flexibility index (Phi) is 6.02. The molecule has 3 aromatic rings. The second-order valence-corrected chi connectivity index (χ2v) is 8.75. The summed E-state index contributed by atoms with van der Waals surface area (Å²) in [7, 11) is -2.25. The normalized spacial score (nSPS) is 12.7. The molecular weight excluding hydrogens is 386 g/mol. The number of nitrogens with zero attached hydrogens (tertiary/aromatic N) is 1. The van der Waals surface area contributed by atoms with E-state index in [-0.39, 0.29) is 11.3 Å². The minimum atomic E-state index is -3.83. The number of benzene rings is 2. The van der Waals surface area contributed by atoms with E-state index in [0.29, 0.717) is 29.8 Å². The summed E-state index contributed by atoms with van der Waals surface area (Å²) in [6, 6.07) is 12.2. The first-order valence-electron chi connectivity index (χ1n) is 9.50. The molecule has 1 unspecified atom stereocenters. The Hall–Kier alpha value is -2.75. The lowest BCUT2D eigenvalue weighted by molar-refractivity contribution is 0.222. The molecule has 29 heavy (non-hydrogen) atoms. The second-order valence-electron chi connectivity index (χ2n) is 6.97. The Bertz CT molecular complexity index is 1170. The van der Waals surface area contributed by atoms with E-state index in [4.69, 9.17) is 11.2 Å². The van der Waals surface area contributed by atoms with Gasteiger partial charge in [0.2, 0.25) is 0 Å². The summed E-state index contributed by atoms with van der Waals surface area (Å²) in [5.41, 5.74) is 3.13. The van der Waals surface area contributed by atoms with Crippen molar-refractivity contribution in [3.05, 3.63) is 59.3 Å². The second kappa shape index (κ2) is 8.32. The van der Waals surface area contributed by atoms with Crippen molar-refractivity contribution < 1.29 is 18.3 Å². The molecule has 0 aliphatic carbocycles. The highest BCUT2D eigenvalue weighted by Crippen LogP contribution is 2.34. The third-order valence-electron chi connectivity index (χ3n) is 5.10. The van der Waals surface area contributed by atoms with E-state index < -0.39 is 16.1 Å². The van der Waals surface area contributed by atoms with E-state index in [9.17, 15) is 13.5 Å². The van der Waals surface area contributed by atoms with Crippen LogP contribution in [0.4, 0.5) is 0 Å². The number of aliphatic hydroxyl groups is 1. The van der Waals surface area contributed by atoms with E-state index >= 15 is 0 Å². The minimum Gasteiger partial charge on any atom is -0.497 e. The van der Waals surface area contributed by atoms with Crippen molar-refractivity contribution in [3.8, 4) is 18.1 Å². The molecule has 0 saturated heterocycles. The topological polar surface area (TPSA) is 68.5 Å². The number of hydrogen-bond acceptors (Lipinski definition) is 4. The van der Waals surface area contributed by atoms with Crippen LogP contribution in [0, 0.1) is 19.3 Å². The fraction of sp³-hybridized carbons (Fsp3) is 0.304. The molecule has 1 aromatic heterocycles. The highest BCUT2D eigenvalue weighted by Gasteiger charge is 2.26. The first-order chi connectivity index (χ1) is 13.8. The van der Waals surface area contributed by atoms with Gasteiger partial charge >= 0.3 is 0 Å². The van der Waals surface area contributed by atoms with Crippen molar-refractivity contribution in [2.45, 2.75) is 44.1 Å². The van der Waals surface area contributed by atoms with Gasteiger partial charge in [-0.25, -0.2) is 12.4 Å². The molecule has 5 nitrogen and oxygen atoms in total. The average Bonchev–Trinajstić information content (AvgIpc) is 3.05. The third-order valence-corrected chi connectivity index (χ3v) is 6.87. The van der Waals surface area contributed by atoms with Gasteiger partial charge in [0.15, 0.2) is 0 Å². The number of terminal acetylenes is 1. The summed E-state index contributed by atoms with van der Waals surface area (Å²) in [5.74, 6) is 2.96. The molecular formula is C23H25NO4S. The molecule has 0 amide bonds. The number of fused-ring (bicyclic) bond motifs is 1. The molecule has 2 aromatic carbocycles. The highest BCUT2D eigenvalue weighted by atomic mass is 32.2. The van der Waals surface area contributed by atoms with Crippen LogP contribution in [0.3, 0.4) is 0 Å². The molecule has 0 spiro atoms. The number of aryl methyl sites for hydroxylation is 2. The molecule has 1 atom stereocenters. The molecule has 0 aliphatic heterocycles. The Labute approximate surface area is 172 Å². The van der Waals surface area contributed by atoms with Gasteiger partial charge in [-0.05, 0) is 62.1 Å². The van der Waals surface area contributed by atoms with E-state index in [2.05, 4.69) is 5.92 Å². The summed E-state index contributed by atoms with van der Waals surface area (Å²) in [6.45, 7) is 3.90. The summed E-state index contributed by atoms with van der Waals surface area (Å²) in [4.78, 5) is 0.220. The molecule has 0 aliphatic rings. The van der Waals surface area contributed by atoms with Gasteiger partial charge < -0.3 is 9.84 Å². The van der Waals surface area contributed by atoms with E-state index in [1.54, 1.807) is 43.5 Å². The molecule has 3 rings (SSSR count). The van der Waals surface area contributed by atoms with Crippen LogP contribution in [0.5, 0.6) is 5.75 Å². The van der Waals surface area contributed by atoms with Crippen molar-refractivity contribution in [1.82, 2.24) is 3.97 Å². The van der Waals surface area contributed by atoms with Crippen LogP contribution in [-0.2, 0) is 22.9 Å². The van der Waals surface area contributed by atoms with Gasteiger partial charge in [-0.3, -0.25) is 0 Å². The smallest absolute Gasteiger partial charge is 0.268 e. The summed E-state index contributed by atoms with van der Waals surface area (Å²) >= 11 is 0. The quantitative estimate of drug-likeness (QED) is 0.602. The monoisotopic (exact) mass is 411 g/mol. The van der Waals surface area contributed by atoms with Gasteiger partial charge in [0.1, 0.15) is 11.9 Å². The van der Waals surface area contributed by atoms with Gasteiger partial charge in [0.05, 0.1) is 17.5 Å². The van der Waals surface area contributed by atoms with Crippen LogP contribution in [0.15, 0.2) is 47.4 Å². The van der Waals surface area contributed by atoms with Gasteiger partial charge in [-0.15, -0.1) is 6.42 Å². The van der Waals surface area contributed by atoms with Crippen LogP contribution in [0.2, 0.25) is 0 Å². The lowest BCUT2D eigenvalue weighted by Gasteiger charge is -2.14. The number of aromatic nitrogens is 1. The van der Waals surface area contributed by atoms with E-state index in [0.717, 1.165) is 16.5 Å². The summed E-state index contributed by atoms with van der Waals surface area (Å²) in [6.07, 6.45) is 5.64. The van der Waals surface area contributed by atoms with Crippen molar-refractivity contribution >= 4 is 20.9 Å². The van der Waals surface area contributed by atoms with Crippen LogP contribution in [0.25, 0.3) is 10.9 Å². The fourth-order valence-corrected chi connectivity index (χ4v) is 5.18. The van der Waals surface area contributed by atoms with Crippen molar-refractivity contribution in [3.63, 3.8) is 0 Å². The van der Waals surface area contributed by atoms with Crippen molar-refractivity contribution in [2.75, 3.05) is 7.11 Å². The van der Waals surface area contributed by atoms with E-state index in [1.807, 2.05) is 19.9 Å². The zero-order chi connectivity index (χ0) is 21.2. The Morgan fingerprint density at radius 3 is 2.48 bits per heavy atom. The van der Waals surface area contributed by atoms with E-state index in [1.165, 1.54) is 3.97 Å². The zero-order valence-corrected chi connectivity index (χ0v) is 17.7. The minimum absolute atomic E-state index is 0.220. The first kappa shape index (κ1) is 21.0. The first-order valence-corrected chi connectivity index (χ1v) is 10.9. The maximum atomic E-state index is 13.6. The zero-order valence-electron chi connectivity index (χ0n) is 16.8. The molecule has 0 fully saturated rings. The van der Waals surface area contributed by atoms with Gasteiger partial charge in [0.25, 0.3) is 10.0 Å². The standard InChI is InChI=1S/C23H25NO4S/c1-5-17(25)9-13-22-20(6-2)21-15-18(28-4)10-14-23(21)24(22)29(26,27)19-11-7-16(3)8-12-19/h1,7-8,10-12,14-15,17,25H,6,9,13H2,2-4H3. The highest BCUT2D eigenvalue weighted by molar-refractivity contribution is 7.90. The maximum absolute atomic E-state index is 13.6. The van der Waals surface area contributed by atoms with Crippen molar-refractivity contribution in [2.24, 2.45) is 0 Å². The van der Waals surface area contributed by atoms with Crippen LogP contribution in [0.1, 0.15) is 30.2 Å². The molecule has 152 valence electrons. The number of hydrogen-bond donors (Lipinski definition) is 1. The SMILES string of the molecule is C#CC(O)CCc1c(CC)c2cc(OC)ccc2n1S(=O)(=O)c1ccc(C)cc1. The van der Waals surface area contributed by atoms with Gasteiger partial charge in [-0.1, -0.05) is 30.5 Å². The maximum Gasteiger partial charge on any atom is 0.268 e. The van der Waals surface area contributed by atoms with Gasteiger partial charge in [-0.2, -0.15) is 0 Å². The molecule has 0 radical (unpaired) electrons. The molecule has 1 N–H and O–H groups in total. The molecule has 6 heteroatoms. The lowest BCUT2D eigenvalue weighted by Crippen LogP contribution is -2.17. The largest absolute Gasteiger partial charge is 0.497 e. The summed E-state index contributed by atoms with van der Waals surface area (Å²) < 4.78 is 34.0. The number of rotatable bonds is 7. The predicted octanol–water partition coefficient (Wildman–Crippen LogP) is 3.68. The van der Waals surface area contributed by atoms with Crippen molar-refractivity contribution in [1.29, 1.82) is 0 Å². The number of ether oxygens (including phenoxy) is 1. The Morgan fingerprint density at radius 1 is 1.21 bits per heavy atom. The number of methoxy groups -OCH3 is 1. The average molecular weight is 412 g/mol. The molecule has 0 bridgehead atoms. The summed E-state index contributed by atoms with van der Waals surface area (Å²) in [5, 5.41) is 10.7. The molecule has 1 heterocycles.